The van der Waals surface area contributed by atoms with Gasteiger partial charge in [0, 0.05) is 12.1 Å². The number of nitrogens with two attached hydrogens (primary N) is 1. The van der Waals surface area contributed by atoms with Gasteiger partial charge in [-0.2, -0.15) is 0 Å². The van der Waals surface area contributed by atoms with Crippen LogP contribution in [0.2, 0.25) is 0 Å². The van der Waals surface area contributed by atoms with Gasteiger partial charge >= 0.3 is 0 Å². The Morgan fingerprint density at radius 3 is 2.77 bits per heavy atom. The fourth-order valence-corrected chi connectivity index (χ4v) is 4.46. The van der Waals surface area contributed by atoms with Gasteiger partial charge in [0.15, 0.2) is 24.1 Å². The van der Waals surface area contributed by atoms with Crippen molar-refractivity contribution in [2.45, 2.75) is 19.4 Å². The summed E-state index contributed by atoms with van der Waals surface area (Å²) >= 11 is 0. The number of quaternary nitrogens is 1. The molecule has 2 aliphatic heterocycles. The summed E-state index contributed by atoms with van der Waals surface area (Å²) in [5.41, 5.74) is 8.89. The minimum atomic E-state index is -0.703. The maximum absolute atomic E-state index is 13.6. The Hall–Kier alpha value is -3.26. The number of nitrogens with one attached hydrogen (secondary N) is 1. The minimum Gasteiger partial charge on any atom is -0.492 e. The van der Waals surface area contributed by atoms with Gasteiger partial charge < -0.3 is 29.7 Å². The zero-order valence-electron chi connectivity index (χ0n) is 17.4. The number of hydrogen-bond donors (Lipinski definition) is 2. The fraction of sp³-hybridized carbons (Fsp3) is 0.364. The first kappa shape index (κ1) is 20.0. The first-order valence-corrected chi connectivity index (χ1v) is 9.82. The van der Waals surface area contributed by atoms with Gasteiger partial charge in [-0.25, -0.2) is 0 Å². The van der Waals surface area contributed by atoms with Gasteiger partial charge in [0.2, 0.25) is 12.5 Å². The predicted octanol–water partition coefficient (Wildman–Crippen LogP) is 1.90. The lowest BCUT2D eigenvalue weighted by Crippen LogP contribution is -2.58. The van der Waals surface area contributed by atoms with Gasteiger partial charge in [0.1, 0.15) is 0 Å². The minimum absolute atomic E-state index is 0.0306. The lowest BCUT2D eigenvalue weighted by Gasteiger charge is -2.44. The highest BCUT2D eigenvalue weighted by atomic mass is 16.7. The van der Waals surface area contributed by atoms with E-state index in [2.05, 4.69) is 5.32 Å². The number of amides is 2. The summed E-state index contributed by atoms with van der Waals surface area (Å²) in [6.07, 6.45) is 0.653. The van der Waals surface area contributed by atoms with Crippen LogP contribution in [0.1, 0.15) is 22.7 Å². The van der Waals surface area contributed by atoms with Gasteiger partial charge in [-0.1, -0.05) is 18.2 Å². The van der Waals surface area contributed by atoms with E-state index in [9.17, 15) is 9.59 Å². The second-order valence-corrected chi connectivity index (χ2v) is 8.00. The molecule has 4 rings (SSSR count). The average molecular weight is 412 g/mol. The Morgan fingerprint density at radius 2 is 2.07 bits per heavy atom. The first-order chi connectivity index (χ1) is 14.3. The molecule has 2 amide bonds. The molecule has 2 atom stereocenters. The topological polar surface area (TPSA) is 99.9 Å². The predicted molar refractivity (Wildman–Crippen MR) is 110 cm³/mol. The Kier molecular flexibility index (Phi) is 5.03. The normalized spacial score (nSPS) is 21.6. The fourth-order valence-electron chi connectivity index (χ4n) is 4.46. The number of anilines is 1. The van der Waals surface area contributed by atoms with Crippen LogP contribution >= 0.6 is 0 Å². The molecule has 8 nitrogen and oxygen atoms in total. The number of hydrogen-bond acceptors (Lipinski definition) is 5. The van der Waals surface area contributed by atoms with Crippen molar-refractivity contribution in [1.29, 1.82) is 0 Å². The van der Waals surface area contributed by atoms with Crippen LogP contribution in [0.15, 0.2) is 30.3 Å². The molecule has 0 saturated carbocycles. The summed E-state index contributed by atoms with van der Waals surface area (Å²) in [5, 5.41) is 3.03. The van der Waals surface area contributed by atoms with Crippen molar-refractivity contribution in [2.75, 3.05) is 39.4 Å². The summed E-state index contributed by atoms with van der Waals surface area (Å²) in [6.45, 7) is 2.64. The summed E-state index contributed by atoms with van der Waals surface area (Å²) in [7, 11) is 3.42. The first-order valence-electron chi connectivity index (χ1n) is 9.82. The van der Waals surface area contributed by atoms with E-state index in [0.717, 1.165) is 16.8 Å². The third-order valence-corrected chi connectivity index (χ3v) is 5.90. The molecule has 0 saturated heterocycles. The number of benzene rings is 2. The van der Waals surface area contributed by atoms with Crippen LogP contribution in [-0.4, -0.2) is 50.3 Å². The zero-order valence-corrected chi connectivity index (χ0v) is 17.4. The number of primary amides is 1. The number of methoxy groups -OCH3 is 1. The van der Waals surface area contributed by atoms with Crippen molar-refractivity contribution in [1.82, 2.24) is 0 Å². The van der Waals surface area contributed by atoms with E-state index in [4.69, 9.17) is 19.9 Å². The molecule has 0 radical (unpaired) electrons. The molecule has 2 heterocycles. The lowest BCUT2D eigenvalue weighted by atomic mass is 9.88. The third-order valence-electron chi connectivity index (χ3n) is 5.90. The SMILES string of the molecule is COc1c2c(cc3c1[C@H](C(=O)Nc1ccccc1C)[N@@+](C)(CC(N)=O)CC3)OCO2. The van der Waals surface area contributed by atoms with Crippen molar-refractivity contribution in [3.63, 3.8) is 0 Å². The summed E-state index contributed by atoms with van der Waals surface area (Å²) in [5.74, 6) is 0.867. The largest absolute Gasteiger partial charge is 0.492 e. The van der Waals surface area contributed by atoms with Crippen molar-refractivity contribution in [2.24, 2.45) is 5.73 Å². The monoisotopic (exact) mass is 412 g/mol. The molecule has 30 heavy (non-hydrogen) atoms. The van der Waals surface area contributed by atoms with Gasteiger partial charge in [0.25, 0.3) is 11.8 Å². The Morgan fingerprint density at radius 1 is 1.30 bits per heavy atom. The molecule has 2 aliphatic rings. The summed E-state index contributed by atoms with van der Waals surface area (Å²) in [4.78, 5) is 25.5. The van der Waals surface area contributed by atoms with Gasteiger partial charge in [-0.05, 0) is 30.2 Å². The van der Waals surface area contributed by atoms with Crippen molar-refractivity contribution in [3.8, 4) is 17.2 Å². The third kappa shape index (κ3) is 3.33. The van der Waals surface area contributed by atoms with E-state index in [1.165, 1.54) is 0 Å². The molecule has 0 unspecified atom stereocenters. The summed E-state index contributed by atoms with van der Waals surface area (Å²) in [6, 6.07) is 8.77. The second-order valence-electron chi connectivity index (χ2n) is 8.00. The van der Waals surface area contributed by atoms with Crippen molar-refractivity contribution in [3.05, 3.63) is 47.0 Å². The Labute approximate surface area is 175 Å². The quantitative estimate of drug-likeness (QED) is 0.731. The second kappa shape index (κ2) is 7.53. The van der Waals surface area contributed by atoms with Crippen LogP contribution in [0.5, 0.6) is 17.2 Å². The highest BCUT2D eigenvalue weighted by Crippen LogP contribution is 2.51. The van der Waals surface area contributed by atoms with Crippen LogP contribution < -0.4 is 25.3 Å². The number of rotatable bonds is 5. The molecule has 158 valence electrons. The van der Waals surface area contributed by atoms with E-state index in [1.807, 2.05) is 44.3 Å². The van der Waals surface area contributed by atoms with Crippen molar-refractivity contribution < 1.29 is 28.3 Å². The van der Waals surface area contributed by atoms with E-state index in [-0.39, 0.29) is 23.7 Å². The van der Waals surface area contributed by atoms with Gasteiger partial charge in [-0.15, -0.1) is 0 Å². The molecule has 0 bridgehead atoms. The Bertz CT molecular complexity index is 1020. The number of aryl methyl sites for hydroxylation is 1. The summed E-state index contributed by atoms with van der Waals surface area (Å²) < 4.78 is 17.0. The number of likely N-dealkylation sites (N-methyl/N-ethyl adjacent to an activating group) is 1. The maximum Gasteiger partial charge on any atom is 0.287 e. The smallest absolute Gasteiger partial charge is 0.287 e. The lowest BCUT2D eigenvalue weighted by molar-refractivity contribution is -0.924. The molecule has 0 aromatic heterocycles. The number of fused-ring (bicyclic) bond motifs is 2. The molecule has 3 N–H and O–H groups in total. The molecule has 2 aromatic rings. The number of para-hydroxylation sites is 1. The number of carbonyl (C=O) groups excluding carboxylic acids is 2. The number of nitrogens with zero attached hydrogens (tertiary/aromatic N) is 1. The van der Waals surface area contributed by atoms with Gasteiger partial charge in [0.05, 0.1) is 26.3 Å². The molecular formula is C22H26N3O5+. The molecule has 0 fully saturated rings. The number of carbonyl (C=O) groups is 2. The maximum atomic E-state index is 13.6. The van der Waals surface area contributed by atoms with E-state index < -0.39 is 11.9 Å². The van der Waals surface area contributed by atoms with E-state index in [0.29, 0.717) is 35.8 Å². The van der Waals surface area contributed by atoms with Crippen LogP contribution in [0, 0.1) is 6.92 Å². The molecule has 0 spiro atoms. The van der Waals surface area contributed by atoms with E-state index >= 15 is 0 Å². The van der Waals surface area contributed by atoms with Crippen LogP contribution in [0.25, 0.3) is 0 Å². The van der Waals surface area contributed by atoms with Crippen LogP contribution in [0.3, 0.4) is 0 Å². The van der Waals surface area contributed by atoms with E-state index in [1.54, 1.807) is 7.11 Å². The van der Waals surface area contributed by atoms with Crippen LogP contribution in [0.4, 0.5) is 5.69 Å². The Balaban J connectivity index is 1.85. The van der Waals surface area contributed by atoms with Crippen molar-refractivity contribution >= 4 is 17.5 Å². The molecule has 2 aromatic carbocycles. The zero-order chi connectivity index (χ0) is 21.5. The highest BCUT2D eigenvalue weighted by Gasteiger charge is 2.48. The molecule has 8 heteroatoms. The highest BCUT2D eigenvalue weighted by molar-refractivity contribution is 5.96. The standard InChI is InChI=1S/C22H25N3O5/c1-13-6-4-5-7-15(13)24-22(27)19-18-14(8-9-25(19,2)11-17(23)26)10-16-20(21(18)28-3)30-12-29-16/h4-7,10,19H,8-9,11-12H2,1-3H3,(H2-,23,24,26,27)/p+1/t19-,25-/m1/s1. The van der Waals surface area contributed by atoms with Crippen LogP contribution in [-0.2, 0) is 16.0 Å². The molecule has 0 aliphatic carbocycles. The van der Waals surface area contributed by atoms with Gasteiger partial charge in [-0.3, -0.25) is 9.59 Å². The molecular weight excluding hydrogens is 386 g/mol. The number of ether oxygens (including phenoxy) is 3. The average Bonchev–Trinajstić information content (AvgIpc) is 3.15.